The zero-order valence-corrected chi connectivity index (χ0v) is 16.5. The molecule has 7 nitrogen and oxygen atoms in total. The fourth-order valence-electron chi connectivity index (χ4n) is 3.37. The third-order valence-electron chi connectivity index (χ3n) is 4.90. The molecular weight excluding hydrogens is 372 g/mol. The summed E-state index contributed by atoms with van der Waals surface area (Å²) in [6, 6.07) is 17.7. The van der Waals surface area contributed by atoms with Crippen molar-refractivity contribution in [3.05, 3.63) is 66.0 Å². The number of carbonyl (C=O) groups excluding carboxylic acids is 1. The third-order valence-corrected chi connectivity index (χ3v) is 5.69. The van der Waals surface area contributed by atoms with E-state index in [0.29, 0.717) is 19.6 Å². The van der Waals surface area contributed by atoms with Crippen molar-refractivity contribution in [2.24, 2.45) is 0 Å². The van der Waals surface area contributed by atoms with E-state index in [2.05, 4.69) is 20.4 Å². The van der Waals surface area contributed by atoms with Gasteiger partial charge in [0.15, 0.2) is 5.82 Å². The minimum absolute atomic E-state index is 0.110. The first-order valence-corrected chi connectivity index (χ1v) is 10.5. The largest absolute Gasteiger partial charge is 0.336 e. The van der Waals surface area contributed by atoms with Crippen LogP contribution in [0, 0.1) is 0 Å². The van der Waals surface area contributed by atoms with Gasteiger partial charge in [-0.3, -0.25) is 9.69 Å². The molecule has 1 aliphatic rings. The van der Waals surface area contributed by atoms with Crippen LogP contribution in [-0.4, -0.2) is 68.3 Å². The first kappa shape index (κ1) is 18.6. The van der Waals surface area contributed by atoms with E-state index in [0.717, 1.165) is 35.1 Å². The van der Waals surface area contributed by atoms with E-state index in [1.54, 1.807) is 16.4 Å². The maximum atomic E-state index is 12.9. The number of piperazine rings is 1. The second kappa shape index (κ2) is 8.53. The molecule has 0 bridgehead atoms. The average Bonchev–Trinajstić information content (AvgIpc) is 3.22. The number of rotatable bonds is 5. The van der Waals surface area contributed by atoms with Crippen molar-refractivity contribution in [2.45, 2.75) is 11.4 Å². The topological polar surface area (TPSA) is 67.2 Å². The van der Waals surface area contributed by atoms with Crippen molar-refractivity contribution < 1.29 is 4.79 Å². The summed E-state index contributed by atoms with van der Waals surface area (Å²) in [5, 5.41) is 12.1. The summed E-state index contributed by atoms with van der Waals surface area (Å²) in [4.78, 5) is 18.1. The molecular formula is C20H22N6OS. The van der Waals surface area contributed by atoms with Crippen molar-refractivity contribution in [1.82, 2.24) is 30.0 Å². The van der Waals surface area contributed by atoms with Gasteiger partial charge in [0.05, 0.1) is 17.8 Å². The number of thioether (sulfide) groups is 1. The van der Waals surface area contributed by atoms with Crippen LogP contribution in [0.3, 0.4) is 0 Å². The molecule has 0 atom stereocenters. The molecule has 2 heterocycles. The van der Waals surface area contributed by atoms with Crippen molar-refractivity contribution in [3.63, 3.8) is 0 Å². The lowest BCUT2D eigenvalue weighted by molar-refractivity contribution is 0.0621. The van der Waals surface area contributed by atoms with E-state index >= 15 is 0 Å². The van der Waals surface area contributed by atoms with Gasteiger partial charge in [0.1, 0.15) is 0 Å². The monoisotopic (exact) mass is 394 g/mol. The summed E-state index contributed by atoms with van der Waals surface area (Å²) in [6.45, 7) is 3.66. The highest BCUT2D eigenvalue weighted by Crippen LogP contribution is 2.22. The Balaban J connectivity index is 1.39. The number of hydrogen-bond acceptors (Lipinski definition) is 6. The molecule has 0 aliphatic carbocycles. The molecule has 2 aromatic carbocycles. The predicted molar refractivity (Wildman–Crippen MR) is 109 cm³/mol. The number of amides is 1. The van der Waals surface area contributed by atoms with E-state index in [4.69, 9.17) is 0 Å². The van der Waals surface area contributed by atoms with Gasteiger partial charge in [-0.15, -0.1) is 16.9 Å². The van der Waals surface area contributed by atoms with Crippen molar-refractivity contribution in [3.8, 4) is 5.69 Å². The van der Waals surface area contributed by atoms with Gasteiger partial charge < -0.3 is 4.90 Å². The maximum Gasteiger partial charge on any atom is 0.255 e. The summed E-state index contributed by atoms with van der Waals surface area (Å²) in [6.07, 6.45) is 2.00. The van der Waals surface area contributed by atoms with E-state index in [9.17, 15) is 4.79 Å². The average molecular weight is 395 g/mol. The zero-order chi connectivity index (χ0) is 19.3. The molecule has 0 unspecified atom stereocenters. The minimum atomic E-state index is 0.110. The molecule has 1 saturated heterocycles. The molecule has 144 valence electrons. The van der Waals surface area contributed by atoms with Crippen LogP contribution in [0.15, 0.2) is 59.5 Å². The molecule has 3 aromatic rings. The lowest BCUT2D eigenvalue weighted by Crippen LogP contribution is -2.48. The summed E-state index contributed by atoms with van der Waals surface area (Å²) in [5.74, 6) is 0.914. The Bertz CT molecular complexity index is 937. The molecule has 1 aliphatic heterocycles. The smallest absolute Gasteiger partial charge is 0.255 e. The number of nitrogens with zero attached hydrogens (tertiary/aromatic N) is 6. The highest BCUT2D eigenvalue weighted by molar-refractivity contribution is 7.98. The standard InChI is InChI=1S/C20H22N6OS/c1-28-18-10-6-5-9-17(18)20(27)25-13-11-24(12-14-25)15-19-21-22-23-26(19)16-7-3-2-4-8-16/h2-10H,11-15H2,1H3. The normalized spacial score (nSPS) is 15.0. The Labute approximate surface area is 168 Å². The second-order valence-corrected chi connectivity index (χ2v) is 7.46. The molecule has 1 fully saturated rings. The number of carbonyl (C=O) groups is 1. The van der Waals surface area contributed by atoms with Gasteiger partial charge >= 0.3 is 0 Å². The van der Waals surface area contributed by atoms with Gasteiger partial charge in [-0.2, -0.15) is 4.68 Å². The van der Waals surface area contributed by atoms with Crippen LogP contribution >= 0.6 is 11.8 Å². The molecule has 1 aromatic heterocycles. The van der Waals surface area contributed by atoms with Crippen molar-refractivity contribution in [2.75, 3.05) is 32.4 Å². The maximum absolute atomic E-state index is 12.9. The Morgan fingerprint density at radius 3 is 2.46 bits per heavy atom. The van der Waals surface area contributed by atoms with E-state index < -0.39 is 0 Å². The molecule has 0 radical (unpaired) electrons. The van der Waals surface area contributed by atoms with Crippen LogP contribution in [0.2, 0.25) is 0 Å². The Morgan fingerprint density at radius 1 is 1.00 bits per heavy atom. The van der Waals surface area contributed by atoms with Crippen LogP contribution in [-0.2, 0) is 6.54 Å². The highest BCUT2D eigenvalue weighted by Gasteiger charge is 2.24. The lowest BCUT2D eigenvalue weighted by Gasteiger charge is -2.34. The summed E-state index contributed by atoms with van der Waals surface area (Å²) in [5.41, 5.74) is 1.74. The molecule has 0 spiro atoms. The van der Waals surface area contributed by atoms with Gasteiger partial charge in [0.25, 0.3) is 5.91 Å². The fourth-order valence-corrected chi connectivity index (χ4v) is 3.96. The van der Waals surface area contributed by atoms with Gasteiger partial charge in [-0.1, -0.05) is 30.3 Å². The van der Waals surface area contributed by atoms with Crippen LogP contribution < -0.4 is 0 Å². The Morgan fingerprint density at radius 2 is 1.71 bits per heavy atom. The second-order valence-electron chi connectivity index (χ2n) is 6.61. The summed E-state index contributed by atoms with van der Waals surface area (Å²) >= 11 is 1.61. The first-order chi connectivity index (χ1) is 13.8. The molecule has 28 heavy (non-hydrogen) atoms. The van der Waals surface area contributed by atoms with Crippen LogP contribution in [0.4, 0.5) is 0 Å². The fraction of sp³-hybridized carbons (Fsp3) is 0.300. The SMILES string of the molecule is CSc1ccccc1C(=O)N1CCN(Cc2nnnn2-c2ccccc2)CC1. The quantitative estimate of drug-likeness (QED) is 0.619. The predicted octanol–water partition coefficient (Wildman–Crippen LogP) is 2.34. The lowest BCUT2D eigenvalue weighted by atomic mass is 10.2. The molecule has 1 amide bonds. The van der Waals surface area contributed by atoms with Crippen LogP contribution in [0.1, 0.15) is 16.2 Å². The number of tetrazole rings is 1. The molecule has 0 N–H and O–H groups in total. The number of hydrogen-bond donors (Lipinski definition) is 0. The Kier molecular flexibility index (Phi) is 5.68. The van der Waals surface area contributed by atoms with E-state index in [1.807, 2.05) is 65.8 Å². The van der Waals surface area contributed by atoms with Gasteiger partial charge in [0.2, 0.25) is 0 Å². The molecule has 8 heteroatoms. The number of benzene rings is 2. The van der Waals surface area contributed by atoms with Crippen molar-refractivity contribution in [1.29, 1.82) is 0 Å². The third kappa shape index (κ3) is 3.93. The number of aromatic nitrogens is 4. The Hall–Kier alpha value is -2.71. The molecule has 0 saturated carbocycles. The van der Waals surface area contributed by atoms with E-state index in [1.165, 1.54) is 0 Å². The summed E-state index contributed by atoms with van der Waals surface area (Å²) < 4.78 is 1.77. The molecule has 4 rings (SSSR count). The highest BCUT2D eigenvalue weighted by atomic mass is 32.2. The minimum Gasteiger partial charge on any atom is -0.336 e. The van der Waals surface area contributed by atoms with Crippen LogP contribution in [0.5, 0.6) is 0 Å². The van der Waals surface area contributed by atoms with Gasteiger partial charge in [-0.25, -0.2) is 0 Å². The van der Waals surface area contributed by atoms with Gasteiger partial charge in [-0.05, 0) is 40.9 Å². The first-order valence-electron chi connectivity index (χ1n) is 9.23. The van der Waals surface area contributed by atoms with E-state index in [-0.39, 0.29) is 5.91 Å². The number of para-hydroxylation sites is 1. The zero-order valence-electron chi connectivity index (χ0n) is 15.7. The van der Waals surface area contributed by atoms with Crippen LogP contribution in [0.25, 0.3) is 5.69 Å². The van der Waals surface area contributed by atoms with Gasteiger partial charge in [0, 0.05) is 31.1 Å². The summed E-state index contributed by atoms with van der Waals surface area (Å²) in [7, 11) is 0. The van der Waals surface area contributed by atoms with Crippen molar-refractivity contribution >= 4 is 17.7 Å².